The second-order valence-corrected chi connectivity index (χ2v) is 4.75. The molecule has 1 saturated heterocycles. The van der Waals surface area contributed by atoms with Crippen LogP contribution in [0.4, 0.5) is 5.82 Å². The highest BCUT2D eigenvalue weighted by Gasteiger charge is 2.16. The molecule has 0 spiro atoms. The van der Waals surface area contributed by atoms with Gasteiger partial charge >= 0.3 is 0 Å². The van der Waals surface area contributed by atoms with Gasteiger partial charge in [0.1, 0.15) is 5.82 Å². The molecule has 1 N–H and O–H groups in total. The summed E-state index contributed by atoms with van der Waals surface area (Å²) < 4.78 is 0. The summed E-state index contributed by atoms with van der Waals surface area (Å²) in [7, 11) is 0. The van der Waals surface area contributed by atoms with Gasteiger partial charge in [-0.05, 0) is 19.5 Å². The zero-order chi connectivity index (χ0) is 12.8. The van der Waals surface area contributed by atoms with Crippen LogP contribution in [-0.4, -0.2) is 54.1 Å². The Morgan fingerprint density at radius 2 is 1.89 bits per heavy atom. The highest BCUT2D eigenvalue weighted by molar-refractivity contribution is 5.43. The average Bonchev–Trinajstić information content (AvgIpc) is 2.42. The van der Waals surface area contributed by atoms with Crippen LogP contribution >= 0.6 is 0 Å². The molecule has 0 radical (unpaired) electrons. The Labute approximate surface area is 110 Å². The van der Waals surface area contributed by atoms with Crippen molar-refractivity contribution >= 4 is 5.82 Å². The molecule has 2 heterocycles. The van der Waals surface area contributed by atoms with E-state index >= 15 is 0 Å². The Bertz CT molecular complexity index is 359. The molecule has 1 aliphatic rings. The Balaban J connectivity index is 1.93. The van der Waals surface area contributed by atoms with E-state index in [-0.39, 0.29) is 0 Å². The van der Waals surface area contributed by atoms with Crippen molar-refractivity contribution in [3.63, 3.8) is 0 Å². The van der Waals surface area contributed by atoms with Crippen LogP contribution in [-0.2, 0) is 6.54 Å². The van der Waals surface area contributed by atoms with E-state index in [0.29, 0.717) is 0 Å². The zero-order valence-corrected chi connectivity index (χ0v) is 11.5. The number of likely N-dealkylation sites (N-methyl/N-ethyl adjacent to an activating group) is 1. The number of aromatic nitrogens is 1. The third-order valence-electron chi connectivity index (χ3n) is 3.54. The first-order valence-corrected chi connectivity index (χ1v) is 6.96. The van der Waals surface area contributed by atoms with Crippen molar-refractivity contribution in [2.24, 2.45) is 0 Å². The van der Waals surface area contributed by atoms with Crippen LogP contribution in [0.1, 0.15) is 19.4 Å². The van der Waals surface area contributed by atoms with Gasteiger partial charge in [0.2, 0.25) is 0 Å². The van der Waals surface area contributed by atoms with Gasteiger partial charge in [-0.15, -0.1) is 0 Å². The maximum atomic E-state index is 4.42. The van der Waals surface area contributed by atoms with Crippen molar-refractivity contribution in [2.45, 2.75) is 20.4 Å². The van der Waals surface area contributed by atoms with Gasteiger partial charge in [-0.1, -0.05) is 13.0 Å². The van der Waals surface area contributed by atoms with Gasteiger partial charge in [0.15, 0.2) is 0 Å². The summed E-state index contributed by atoms with van der Waals surface area (Å²) in [6.45, 7) is 12.1. The van der Waals surface area contributed by atoms with E-state index in [1.807, 2.05) is 12.3 Å². The summed E-state index contributed by atoms with van der Waals surface area (Å²) in [5, 5.41) is 3.34. The fourth-order valence-electron chi connectivity index (χ4n) is 2.40. The zero-order valence-electron chi connectivity index (χ0n) is 11.5. The molecule has 4 nitrogen and oxygen atoms in total. The van der Waals surface area contributed by atoms with Crippen LogP contribution in [0.2, 0.25) is 0 Å². The van der Waals surface area contributed by atoms with Gasteiger partial charge in [-0.2, -0.15) is 0 Å². The molecule has 0 aliphatic carbocycles. The van der Waals surface area contributed by atoms with E-state index in [4.69, 9.17) is 0 Å². The molecule has 1 aromatic heterocycles. The molecule has 1 fully saturated rings. The maximum absolute atomic E-state index is 4.42. The average molecular weight is 248 g/mol. The third-order valence-corrected chi connectivity index (χ3v) is 3.54. The Hall–Kier alpha value is -1.13. The molecule has 1 aliphatic heterocycles. The summed E-state index contributed by atoms with van der Waals surface area (Å²) in [5.74, 6) is 1.04. The Morgan fingerprint density at radius 1 is 1.17 bits per heavy atom. The van der Waals surface area contributed by atoms with Gasteiger partial charge in [0, 0.05) is 51.0 Å². The fourth-order valence-corrected chi connectivity index (χ4v) is 2.40. The molecule has 18 heavy (non-hydrogen) atoms. The molecule has 2 rings (SSSR count). The number of anilines is 1. The predicted octanol–water partition coefficient (Wildman–Crippen LogP) is 1.65. The first kappa shape index (κ1) is 13.3. The lowest BCUT2D eigenvalue weighted by Crippen LogP contribution is -2.45. The molecule has 0 unspecified atom stereocenters. The maximum Gasteiger partial charge on any atom is 0.130 e. The van der Waals surface area contributed by atoms with E-state index in [2.05, 4.69) is 40.0 Å². The van der Waals surface area contributed by atoms with Gasteiger partial charge < -0.3 is 10.2 Å². The Morgan fingerprint density at radius 3 is 2.56 bits per heavy atom. The van der Waals surface area contributed by atoms with E-state index in [1.165, 1.54) is 25.2 Å². The van der Waals surface area contributed by atoms with Crippen molar-refractivity contribution in [1.29, 1.82) is 0 Å². The quantitative estimate of drug-likeness (QED) is 0.858. The van der Waals surface area contributed by atoms with Crippen molar-refractivity contribution in [3.8, 4) is 0 Å². The normalized spacial score (nSPS) is 17.9. The summed E-state index contributed by atoms with van der Waals surface area (Å²) >= 11 is 0. The smallest absolute Gasteiger partial charge is 0.130 e. The van der Waals surface area contributed by atoms with Gasteiger partial charge in [0.05, 0.1) is 0 Å². The van der Waals surface area contributed by atoms with Crippen molar-refractivity contribution in [1.82, 2.24) is 14.8 Å². The lowest BCUT2D eigenvalue weighted by Gasteiger charge is -2.34. The number of hydrogen-bond acceptors (Lipinski definition) is 4. The number of nitrogens with one attached hydrogen (secondary N) is 1. The van der Waals surface area contributed by atoms with E-state index in [1.54, 1.807) is 0 Å². The molecule has 4 heteroatoms. The van der Waals surface area contributed by atoms with Crippen LogP contribution in [0.15, 0.2) is 18.3 Å². The minimum Gasteiger partial charge on any atom is -0.370 e. The minimum atomic E-state index is 0.924. The predicted molar refractivity (Wildman–Crippen MR) is 75.8 cm³/mol. The van der Waals surface area contributed by atoms with Crippen molar-refractivity contribution < 1.29 is 0 Å². The molecule has 0 bridgehead atoms. The standard InChI is InChI=1S/C14H24N4/c1-3-15-14-13(6-5-7-16-14)12-18-10-8-17(4-2)9-11-18/h5-7H,3-4,8-12H2,1-2H3,(H,15,16). The largest absolute Gasteiger partial charge is 0.370 e. The van der Waals surface area contributed by atoms with Crippen LogP contribution in [0.25, 0.3) is 0 Å². The third kappa shape index (κ3) is 3.43. The first-order chi connectivity index (χ1) is 8.83. The van der Waals surface area contributed by atoms with Gasteiger partial charge in [0.25, 0.3) is 0 Å². The van der Waals surface area contributed by atoms with Crippen LogP contribution in [0.5, 0.6) is 0 Å². The van der Waals surface area contributed by atoms with Crippen molar-refractivity contribution in [3.05, 3.63) is 23.9 Å². The molecule has 0 aromatic carbocycles. The molecule has 100 valence electrons. The molecular formula is C14H24N4. The van der Waals surface area contributed by atoms with Gasteiger partial charge in [-0.25, -0.2) is 4.98 Å². The van der Waals surface area contributed by atoms with Crippen LogP contribution in [0, 0.1) is 0 Å². The summed E-state index contributed by atoms with van der Waals surface area (Å²) in [4.78, 5) is 9.44. The molecule has 0 atom stereocenters. The fraction of sp³-hybridized carbons (Fsp3) is 0.643. The number of piperazine rings is 1. The second kappa shape index (κ2) is 6.71. The SMILES string of the molecule is CCNc1ncccc1CN1CCN(CC)CC1. The molecule has 1 aromatic rings. The molecule has 0 saturated carbocycles. The van der Waals surface area contributed by atoms with E-state index in [0.717, 1.165) is 32.0 Å². The minimum absolute atomic E-state index is 0.924. The second-order valence-electron chi connectivity index (χ2n) is 4.75. The first-order valence-electron chi connectivity index (χ1n) is 6.96. The number of hydrogen-bond donors (Lipinski definition) is 1. The molecule has 0 amide bonds. The van der Waals surface area contributed by atoms with Gasteiger partial charge in [-0.3, -0.25) is 4.90 Å². The summed E-state index contributed by atoms with van der Waals surface area (Å²) in [6.07, 6.45) is 1.86. The number of pyridine rings is 1. The lowest BCUT2D eigenvalue weighted by molar-refractivity contribution is 0.132. The monoisotopic (exact) mass is 248 g/mol. The van der Waals surface area contributed by atoms with E-state index < -0.39 is 0 Å². The number of nitrogens with zero attached hydrogens (tertiary/aromatic N) is 3. The van der Waals surface area contributed by atoms with Crippen LogP contribution in [0.3, 0.4) is 0 Å². The summed E-state index contributed by atoms with van der Waals surface area (Å²) in [5.41, 5.74) is 1.31. The Kier molecular flexibility index (Phi) is 4.96. The highest BCUT2D eigenvalue weighted by Crippen LogP contribution is 2.15. The highest BCUT2D eigenvalue weighted by atomic mass is 15.3. The van der Waals surface area contributed by atoms with Crippen molar-refractivity contribution in [2.75, 3.05) is 44.6 Å². The van der Waals surface area contributed by atoms with E-state index in [9.17, 15) is 0 Å². The summed E-state index contributed by atoms with van der Waals surface area (Å²) in [6, 6.07) is 4.20. The number of rotatable bonds is 5. The molecular weight excluding hydrogens is 224 g/mol. The van der Waals surface area contributed by atoms with Crippen LogP contribution < -0.4 is 5.32 Å². The lowest BCUT2D eigenvalue weighted by atomic mass is 10.2. The topological polar surface area (TPSA) is 31.4 Å².